The third kappa shape index (κ3) is 3.85. The van der Waals surface area contributed by atoms with Gasteiger partial charge in [0.1, 0.15) is 17.3 Å². The molecule has 0 radical (unpaired) electrons. The number of hydrogen-bond acceptors (Lipinski definition) is 5. The molecular weight excluding hydrogens is 383 g/mol. The average molecular weight is 410 g/mol. The minimum atomic E-state index is -0.475. The highest BCUT2D eigenvalue weighted by Crippen LogP contribution is 2.46. The summed E-state index contributed by atoms with van der Waals surface area (Å²) < 4.78 is 21.7. The second-order valence-corrected chi connectivity index (χ2v) is 8.10. The lowest BCUT2D eigenvalue weighted by molar-refractivity contribution is -0.120. The smallest absolute Gasteiger partial charge is 0.230 e. The molecule has 2 aliphatic rings. The topological polar surface area (TPSA) is 84.8 Å². The fraction of sp³-hybridized carbons (Fsp3) is 0.348. The molecule has 0 bridgehead atoms. The van der Waals surface area contributed by atoms with Crippen LogP contribution in [0.2, 0.25) is 0 Å². The van der Waals surface area contributed by atoms with Crippen LogP contribution in [0.5, 0.6) is 11.5 Å². The van der Waals surface area contributed by atoms with E-state index in [2.05, 4.69) is 0 Å². The standard InChI is InChI=1S/C23H27FN4O2/c1-14-8-11-17-21(28(14)23(29)15-9-10-15)19(24)12-18(20(25)13-27(2)26)22(17)30-16-6-4-3-5-7-16/h3-7,12-15H,8-11,25-26H2,1-2H3/b20-13-. The molecule has 6 nitrogen and oxygen atoms in total. The number of nitrogens with two attached hydrogens (primary N) is 2. The van der Waals surface area contributed by atoms with Gasteiger partial charge in [0.05, 0.1) is 11.4 Å². The second-order valence-electron chi connectivity index (χ2n) is 8.10. The van der Waals surface area contributed by atoms with Crippen LogP contribution >= 0.6 is 0 Å². The van der Waals surface area contributed by atoms with Crippen LogP contribution in [0.1, 0.15) is 37.3 Å². The molecule has 1 amide bonds. The number of halogens is 1. The molecule has 1 aliphatic heterocycles. The van der Waals surface area contributed by atoms with Gasteiger partial charge < -0.3 is 20.4 Å². The number of fused-ring (bicyclic) bond motifs is 1. The van der Waals surface area contributed by atoms with Gasteiger partial charge >= 0.3 is 0 Å². The van der Waals surface area contributed by atoms with Crippen molar-refractivity contribution in [2.45, 2.75) is 38.6 Å². The average Bonchev–Trinajstić information content (AvgIpc) is 3.55. The first-order valence-electron chi connectivity index (χ1n) is 10.2. The maximum absolute atomic E-state index is 15.4. The van der Waals surface area contributed by atoms with Gasteiger partial charge in [-0.3, -0.25) is 4.79 Å². The molecule has 4 N–H and O–H groups in total. The second kappa shape index (κ2) is 7.99. The lowest BCUT2D eigenvalue weighted by Gasteiger charge is -2.37. The summed E-state index contributed by atoms with van der Waals surface area (Å²) in [6, 6.07) is 10.5. The molecule has 0 aromatic heterocycles. The summed E-state index contributed by atoms with van der Waals surface area (Å²) in [5.74, 6) is 6.31. The van der Waals surface area contributed by atoms with Crippen LogP contribution in [-0.4, -0.2) is 24.0 Å². The fourth-order valence-corrected chi connectivity index (χ4v) is 3.95. The van der Waals surface area contributed by atoms with E-state index in [4.69, 9.17) is 16.3 Å². The van der Waals surface area contributed by atoms with Crippen LogP contribution < -0.4 is 21.2 Å². The number of carbonyl (C=O) groups excluding carboxylic acids is 1. The number of anilines is 1. The molecule has 4 rings (SSSR count). The summed E-state index contributed by atoms with van der Waals surface area (Å²) in [4.78, 5) is 14.6. The Bertz CT molecular complexity index is 986. The third-order valence-corrected chi connectivity index (χ3v) is 5.58. The van der Waals surface area contributed by atoms with E-state index in [1.165, 1.54) is 17.3 Å². The van der Waals surface area contributed by atoms with Crippen molar-refractivity contribution in [1.29, 1.82) is 0 Å². The first-order chi connectivity index (χ1) is 14.4. The molecular formula is C23H27FN4O2. The van der Waals surface area contributed by atoms with E-state index in [0.29, 0.717) is 34.7 Å². The van der Waals surface area contributed by atoms with Gasteiger partial charge in [0.25, 0.3) is 0 Å². The SMILES string of the molecule is CC1CCc2c(Oc3ccccc3)c(/C(N)=C/N(C)N)cc(F)c2N1C(=O)C1CC1. The zero-order chi connectivity index (χ0) is 21.4. The Labute approximate surface area is 175 Å². The number of para-hydroxylation sites is 1. The number of amides is 1. The zero-order valence-electron chi connectivity index (χ0n) is 17.3. The van der Waals surface area contributed by atoms with Crippen LogP contribution in [0.3, 0.4) is 0 Å². The molecule has 1 aliphatic carbocycles. The predicted molar refractivity (Wildman–Crippen MR) is 115 cm³/mol. The van der Waals surface area contributed by atoms with Crippen molar-refractivity contribution in [3.63, 3.8) is 0 Å². The molecule has 1 saturated carbocycles. The highest BCUT2D eigenvalue weighted by atomic mass is 19.1. The molecule has 1 atom stereocenters. The Morgan fingerprint density at radius 2 is 1.97 bits per heavy atom. The van der Waals surface area contributed by atoms with E-state index in [1.807, 2.05) is 37.3 Å². The molecule has 2 aromatic rings. The van der Waals surface area contributed by atoms with Gasteiger partial charge in [-0.2, -0.15) is 0 Å². The number of ether oxygens (including phenoxy) is 1. The Balaban J connectivity index is 1.89. The minimum absolute atomic E-state index is 0.00757. The Morgan fingerprint density at radius 3 is 2.60 bits per heavy atom. The maximum atomic E-state index is 15.4. The normalized spacial score (nSPS) is 18.7. The highest BCUT2D eigenvalue weighted by molar-refractivity contribution is 5.99. The van der Waals surface area contributed by atoms with Gasteiger partial charge in [-0.1, -0.05) is 18.2 Å². The quantitative estimate of drug-likeness (QED) is 0.579. The maximum Gasteiger partial charge on any atom is 0.230 e. The molecule has 1 heterocycles. The summed E-state index contributed by atoms with van der Waals surface area (Å²) in [5, 5.41) is 1.31. The van der Waals surface area contributed by atoms with Gasteiger partial charge in [0.15, 0.2) is 0 Å². The molecule has 0 saturated heterocycles. The lowest BCUT2D eigenvalue weighted by atomic mass is 9.92. The molecule has 7 heteroatoms. The van der Waals surface area contributed by atoms with E-state index in [-0.39, 0.29) is 23.6 Å². The molecule has 158 valence electrons. The van der Waals surface area contributed by atoms with Crippen LogP contribution in [0.15, 0.2) is 42.6 Å². The summed E-state index contributed by atoms with van der Waals surface area (Å²) in [7, 11) is 1.64. The van der Waals surface area contributed by atoms with Crippen molar-refractivity contribution >= 4 is 17.3 Å². The van der Waals surface area contributed by atoms with Crippen molar-refractivity contribution in [1.82, 2.24) is 5.01 Å². The van der Waals surface area contributed by atoms with E-state index < -0.39 is 5.82 Å². The molecule has 0 spiro atoms. The number of nitrogens with zero attached hydrogens (tertiary/aromatic N) is 2. The van der Waals surface area contributed by atoms with Gasteiger partial charge in [0.2, 0.25) is 5.91 Å². The number of benzene rings is 2. The monoisotopic (exact) mass is 410 g/mol. The van der Waals surface area contributed by atoms with E-state index in [0.717, 1.165) is 19.3 Å². The van der Waals surface area contributed by atoms with Gasteiger partial charge in [-0.25, -0.2) is 10.2 Å². The number of hydrogen-bond donors (Lipinski definition) is 2. The summed E-state index contributed by atoms with van der Waals surface area (Å²) >= 11 is 0. The van der Waals surface area contributed by atoms with Crippen LogP contribution in [0.4, 0.5) is 10.1 Å². The Kier molecular flexibility index (Phi) is 5.39. The van der Waals surface area contributed by atoms with Gasteiger partial charge in [0, 0.05) is 36.3 Å². The van der Waals surface area contributed by atoms with Crippen molar-refractivity contribution in [3.8, 4) is 11.5 Å². The van der Waals surface area contributed by atoms with Crippen molar-refractivity contribution in [2.24, 2.45) is 17.5 Å². The molecule has 1 fully saturated rings. The van der Waals surface area contributed by atoms with Crippen molar-refractivity contribution in [2.75, 3.05) is 11.9 Å². The molecule has 2 aromatic carbocycles. The fourth-order valence-electron chi connectivity index (χ4n) is 3.95. The lowest BCUT2D eigenvalue weighted by Crippen LogP contribution is -2.43. The number of rotatable bonds is 5. The molecule has 30 heavy (non-hydrogen) atoms. The van der Waals surface area contributed by atoms with Gasteiger partial charge in [-0.05, 0) is 50.8 Å². The predicted octanol–water partition coefficient (Wildman–Crippen LogP) is 3.76. The summed E-state index contributed by atoms with van der Waals surface area (Å²) in [6.07, 6.45) is 4.55. The third-order valence-electron chi connectivity index (χ3n) is 5.58. The minimum Gasteiger partial charge on any atom is -0.456 e. The Morgan fingerprint density at radius 1 is 1.27 bits per heavy atom. The first kappa shape index (κ1) is 20.2. The van der Waals surface area contributed by atoms with Crippen LogP contribution in [-0.2, 0) is 11.2 Å². The largest absolute Gasteiger partial charge is 0.456 e. The first-order valence-corrected chi connectivity index (χ1v) is 10.2. The number of carbonyl (C=O) groups is 1. The van der Waals surface area contributed by atoms with Crippen molar-refractivity contribution < 1.29 is 13.9 Å². The summed E-state index contributed by atoms with van der Waals surface area (Å²) in [6.45, 7) is 1.96. The van der Waals surface area contributed by atoms with Crippen LogP contribution in [0.25, 0.3) is 5.70 Å². The zero-order valence-corrected chi connectivity index (χ0v) is 17.3. The summed E-state index contributed by atoms with van der Waals surface area (Å²) in [5.41, 5.74) is 7.92. The highest BCUT2D eigenvalue weighted by Gasteiger charge is 2.40. The van der Waals surface area contributed by atoms with Crippen LogP contribution in [0, 0.1) is 11.7 Å². The molecule has 1 unspecified atom stereocenters. The van der Waals surface area contributed by atoms with E-state index in [1.54, 1.807) is 11.9 Å². The Hall–Kier alpha value is -3.06. The number of hydrazine groups is 1. The van der Waals surface area contributed by atoms with Gasteiger partial charge in [-0.15, -0.1) is 0 Å². The van der Waals surface area contributed by atoms with Crippen molar-refractivity contribution in [3.05, 3.63) is 59.5 Å². The van der Waals surface area contributed by atoms with E-state index in [9.17, 15) is 4.79 Å². The van der Waals surface area contributed by atoms with E-state index >= 15 is 4.39 Å².